The molecule has 3 aromatic carbocycles. The van der Waals surface area contributed by atoms with E-state index in [1.807, 2.05) is 49.3 Å². The topological polar surface area (TPSA) is 107 Å². The number of rotatable bonds is 10. The maximum absolute atomic E-state index is 12.4. The Bertz CT molecular complexity index is 1550. The molecule has 9 nitrogen and oxygen atoms in total. The highest BCUT2D eigenvalue weighted by Crippen LogP contribution is 2.38. The van der Waals surface area contributed by atoms with Gasteiger partial charge in [0, 0.05) is 30.1 Å². The van der Waals surface area contributed by atoms with E-state index in [1.54, 1.807) is 50.6 Å². The Morgan fingerprint density at radius 2 is 1.58 bits per heavy atom. The van der Waals surface area contributed by atoms with Gasteiger partial charge < -0.3 is 24.5 Å². The van der Waals surface area contributed by atoms with Gasteiger partial charge in [-0.05, 0) is 44.4 Å². The molecule has 0 aliphatic carbocycles. The van der Waals surface area contributed by atoms with Crippen LogP contribution >= 0.6 is 0 Å². The molecular formula is C28H32N4O5S. The first kappa shape index (κ1) is 27.0. The maximum atomic E-state index is 12.4. The Kier molecular flexibility index (Phi) is 7.94. The highest BCUT2D eigenvalue weighted by Gasteiger charge is 2.21. The van der Waals surface area contributed by atoms with Gasteiger partial charge in [0.2, 0.25) is 10.0 Å². The molecule has 0 amide bonds. The van der Waals surface area contributed by atoms with Crippen LogP contribution in [0, 0.1) is 0 Å². The Morgan fingerprint density at radius 3 is 2.16 bits per heavy atom. The van der Waals surface area contributed by atoms with Gasteiger partial charge >= 0.3 is 0 Å². The molecule has 4 rings (SSSR count). The summed E-state index contributed by atoms with van der Waals surface area (Å²) in [7, 11) is 3.45. The van der Waals surface area contributed by atoms with Crippen LogP contribution in [0.2, 0.25) is 0 Å². The van der Waals surface area contributed by atoms with Gasteiger partial charge in [-0.3, -0.25) is 4.31 Å². The van der Waals surface area contributed by atoms with Gasteiger partial charge in [-0.15, -0.1) is 0 Å². The van der Waals surface area contributed by atoms with E-state index in [9.17, 15) is 13.5 Å². The Balaban J connectivity index is 1.83. The van der Waals surface area contributed by atoms with Crippen molar-refractivity contribution < 1.29 is 23.0 Å². The lowest BCUT2D eigenvalue weighted by molar-refractivity contribution is 0.356. The van der Waals surface area contributed by atoms with Crippen LogP contribution in [0.3, 0.4) is 0 Å². The molecule has 0 spiro atoms. The second kappa shape index (κ2) is 11.2. The van der Waals surface area contributed by atoms with Crippen LogP contribution < -0.4 is 13.8 Å². The maximum Gasteiger partial charge on any atom is 0.232 e. The van der Waals surface area contributed by atoms with Gasteiger partial charge in [-0.1, -0.05) is 30.3 Å². The lowest BCUT2D eigenvalue weighted by atomic mass is 10.0. The summed E-state index contributed by atoms with van der Waals surface area (Å²) < 4.78 is 37.2. The first-order valence-electron chi connectivity index (χ1n) is 12.0. The molecule has 0 saturated heterocycles. The number of benzene rings is 3. The number of ether oxygens (including phenoxy) is 2. The SMILES string of the molecule is COc1cc2[nH]c(O)c(C(=Nc3ccc(N(CCN(C)C)S(C)(=O)=O)cc3)c3ccccc3)c2cc1OC. The second-order valence-electron chi connectivity index (χ2n) is 9.08. The minimum absolute atomic E-state index is 0.0403. The van der Waals surface area contributed by atoms with Crippen molar-refractivity contribution in [2.24, 2.45) is 4.99 Å². The number of hydrogen-bond donors (Lipinski definition) is 2. The molecule has 0 atom stereocenters. The first-order chi connectivity index (χ1) is 18.1. The molecule has 0 radical (unpaired) electrons. The fraction of sp³-hybridized carbons (Fsp3) is 0.250. The molecule has 1 aromatic heterocycles. The van der Waals surface area contributed by atoms with E-state index >= 15 is 0 Å². The molecule has 10 heteroatoms. The Hall–Kier alpha value is -4.02. The van der Waals surface area contributed by atoms with Crippen molar-refractivity contribution in [1.82, 2.24) is 9.88 Å². The number of anilines is 1. The zero-order chi connectivity index (χ0) is 27.4. The number of hydrogen-bond acceptors (Lipinski definition) is 7. The molecule has 38 heavy (non-hydrogen) atoms. The van der Waals surface area contributed by atoms with Crippen LogP contribution in [-0.2, 0) is 10.0 Å². The van der Waals surface area contributed by atoms with E-state index < -0.39 is 10.0 Å². The number of methoxy groups -OCH3 is 2. The van der Waals surface area contributed by atoms with Gasteiger partial charge in [0.1, 0.15) is 0 Å². The summed E-state index contributed by atoms with van der Waals surface area (Å²) >= 11 is 0. The minimum Gasteiger partial charge on any atom is -0.494 e. The number of nitrogens with one attached hydrogen (secondary N) is 1. The fourth-order valence-electron chi connectivity index (χ4n) is 4.21. The monoisotopic (exact) mass is 536 g/mol. The average Bonchev–Trinajstić information content (AvgIpc) is 3.21. The summed E-state index contributed by atoms with van der Waals surface area (Å²) in [6.07, 6.45) is 1.20. The fourth-order valence-corrected chi connectivity index (χ4v) is 5.13. The van der Waals surface area contributed by atoms with Gasteiger partial charge in [-0.25, -0.2) is 13.4 Å². The standard InChI is InChI=1S/C28H32N4O5S/c1-31(2)15-16-32(38(5,34)35)21-13-11-20(12-14-21)29-27(19-9-7-6-8-10-19)26-22-17-24(36-3)25(37-4)18-23(22)30-28(26)33/h6-14,17-18,30,33H,15-16H2,1-5H3. The number of H-pyrrole nitrogens is 1. The summed E-state index contributed by atoms with van der Waals surface area (Å²) in [5.41, 5.74) is 3.68. The average molecular weight is 537 g/mol. The van der Waals surface area contributed by atoms with E-state index in [0.717, 1.165) is 5.56 Å². The molecule has 0 aliphatic rings. The lowest BCUT2D eigenvalue weighted by Crippen LogP contribution is -2.35. The lowest BCUT2D eigenvalue weighted by Gasteiger charge is -2.24. The van der Waals surface area contributed by atoms with Crippen LogP contribution in [0.1, 0.15) is 11.1 Å². The Labute approximate surface area is 223 Å². The number of aromatic amines is 1. The highest BCUT2D eigenvalue weighted by molar-refractivity contribution is 7.92. The van der Waals surface area contributed by atoms with Gasteiger partial charge in [0.05, 0.1) is 48.6 Å². The molecular weight excluding hydrogens is 504 g/mol. The molecule has 0 bridgehead atoms. The number of nitrogens with zero attached hydrogens (tertiary/aromatic N) is 3. The van der Waals surface area contributed by atoms with Crippen LogP contribution in [0.5, 0.6) is 17.4 Å². The smallest absolute Gasteiger partial charge is 0.232 e. The molecule has 200 valence electrons. The molecule has 0 saturated carbocycles. The number of aliphatic imine (C=N–C) groups is 1. The number of aromatic nitrogens is 1. The van der Waals surface area contributed by atoms with Crippen molar-refractivity contribution in [3.8, 4) is 17.4 Å². The third-order valence-corrected chi connectivity index (χ3v) is 7.29. The zero-order valence-corrected chi connectivity index (χ0v) is 22.9. The number of sulfonamides is 1. The van der Waals surface area contributed by atoms with Gasteiger partial charge in [-0.2, -0.15) is 0 Å². The predicted molar refractivity (Wildman–Crippen MR) is 152 cm³/mol. The molecule has 4 aromatic rings. The number of fused-ring (bicyclic) bond motifs is 1. The predicted octanol–water partition coefficient (Wildman–Crippen LogP) is 4.39. The van der Waals surface area contributed by atoms with Crippen LogP contribution in [0.25, 0.3) is 10.9 Å². The Morgan fingerprint density at radius 1 is 0.947 bits per heavy atom. The van der Waals surface area contributed by atoms with E-state index in [-0.39, 0.29) is 5.88 Å². The van der Waals surface area contributed by atoms with E-state index in [1.165, 1.54) is 10.6 Å². The van der Waals surface area contributed by atoms with Gasteiger partial charge in [0.25, 0.3) is 0 Å². The molecule has 1 heterocycles. The summed E-state index contributed by atoms with van der Waals surface area (Å²) in [4.78, 5) is 9.85. The van der Waals surface area contributed by atoms with Crippen LogP contribution in [0.4, 0.5) is 11.4 Å². The molecule has 0 fully saturated rings. The quantitative estimate of drug-likeness (QED) is 0.291. The van der Waals surface area contributed by atoms with Crippen molar-refractivity contribution in [3.05, 3.63) is 77.9 Å². The van der Waals surface area contributed by atoms with E-state index in [4.69, 9.17) is 14.5 Å². The van der Waals surface area contributed by atoms with Crippen LogP contribution in [-0.4, -0.2) is 76.8 Å². The minimum atomic E-state index is -3.46. The third-order valence-electron chi connectivity index (χ3n) is 6.10. The zero-order valence-electron chi connectivity index (χ0n) is 22.1. The largest absolute Gasteiger partial charge is 0.494 e. The van der Waals surface area contributed by atoms with Crippen molar-refractivity contribution >= 4 is 38.0 Å². The first-order valence-corrected chi connectivity index (χ1v) is 13.8. The van der Waals surface area contributed by atoms with Crippen molar-refractivity contribution in [2.75, 3.05) is 52.0 Å². The highest BCUT2D eigenvalue weighted by atomic mass is 32.2. The summed E-state index contributed by atoms with van der Waals surface area (Å²) in [6, 6.07) is 20.1. The van der Waals surface area contributed by atoms with E-state index in [2.05, 4.69) is 4.98 Å². The van der Waals surface area contributed by atoms with Crippen molar-refractivity contribution in [2.45, 2.75) is 0 Å². The van der Waals surface area contributed by atoms with E-state index in [0.29, 0.717) is 58.1 Å². The number of likely N-dealkylation sites (N-methyl/N-ethyl adjacent to an activating group) is 1. The normalized spacial score (nSPS) is 12.2. The van der Waals surface area contributed by atoms with Crippen LogP contribution in [0.15, 0.2) is 71.7 Å². The third kappa shape index (κ3) is 5.76. The van der Waals surface area contributed by atoms with Crippen molar-refractivity contribution in [3.63, 3.8) is 0 Å². The summed E-state index contributed by atoms with van der Waals surface area (Å²) in [5, 5.41) is 11.7. The van der Waals surface area contributed by atoms with Gasteiger partial charge in [0.15, 0.2) is 17.4 Å². The molecule has 0 unspecified atom stereocenters. The molecule has 2 N–H and O–H groups in total. The number of aromatic hydroxyl groups is 1. The summed E-state index contributed by atoms with van der Waals surface area (Å²) in [6.45, 7) is 0.914. The van der Waals surface area contributed by atoms with Crippen molar-refractivity contribution in [1.29, 1.82) is 0 Å². The second-order valence-corrected chi connectivity index (χ2v) is 11.0. The summed E-state index contributed by atoms with van der Waals surface area (Å²) in [5.74, 6) is 1.02. The molecule has 0 aliphatic heterocycles.